The molecule has 2 rings (SSSR count). The molecule has 0 saturated carbocycles. The second kappa shape index (κ2) is 3.06. The van der Waals surface area contributed by atoms with E-state index in [2.05, 4.69) is 15.6 Å². The van der Waals surface area contributed by atoms with Crippen LogP contribution in [0.5, 0.6) is 0 Å². The molecule has 0 atom stereocenters. The van der Waals surface area contributed by atoms with E-state index in [9.17, 15) is 4.79 Å². The molecule has 0 aliphatic carbocycles. The summed E-state index contributed by atoms with van der Waals surface area (Å²) in [6.45, 7) is 0.787. The highest BCUT2D eigenvalue weighted by atomic mass is 16.3. The first-order chi connectivity index (χ1) is 6.33. The van der Waals surface area contributed by atoms with Gasteiger partial charge < -0.3 is 20.3 Å². The van der Waals surface area contributed by atoms with Crippen molar-refractivity contribution in [3.05, 3.63) is 12.0 Å². The van der Waals surface area contributed by atoms with Gasteiger partial charge >= 0.3 is 0 Å². The maximum absolute atomic E-state index is 11.3. The molecule has 0 radical (unpaired) electrons. The monoisotopic (exact) mass is 182 g/mol. The fraction of sp³-hybridized carbons (Fsp3) is 0.429. The van der Waals surface area contributed by atoms with Gasteiger partial charge in [-0.3, -0.25) is 4.79 Å². The average Bonchev–Trinajstić information content (AvgIpc) is 2.51. The molecule has 6 heteroatoms. The van der Waals surface area contributed by atoms with Gasteiger partial charge in [0.15, 0.2) is 11.5 Å². The first kappa shape index (κ1) is 8.06. The summed E-state index contributed by atoms with van der Waals surface area (Å²) in [5.41, 5.74) is 0.486. The fourth-order valence-electron chi connectivity index (χ4n) is 1.32. The number of hydrogen-bond donors (Lipinski definition) is 3. The Bertz CT molecular complexity index is 333. The van der Waals surface area contributed by atoms with E-state index in [1.165, 1.54) is 0 Å². The zero-order chi connectivity index (χ0) is 9.26. The minimum absolute atomic E-state index is 0.00389. The van der Waals surface area contributed by atoms with E-state index in [-0.39, 0.29) is 12.5 Å². The second-order valence-electron chi connectivity index (χ2n) is 2.72. The van der Waals surface area contributed by atoms with E-state index < -0.39 is 0 Å². The van der Waals surface area contributed by atoms with Crippen LogP contribution in [0.3, 0.4) is 0 Å². The number of fused-ring (bicyclic) bond motifs is 1. The quantitative estimate of drug-likeness (QED) is 0.547. The standard InChI is InChI=1S/C7H10N4O2/c12-2-1-11-4-10-6-5(11)7(13)9-3-8-6/h4,8,12H,1-3H2,(H,9,13). The molecule has 0 aromatic carbocycles. The Balaban J connectivity index is 2.38. The number of carbonyl (C=O) groups excluding carboxylic acids is 1. The lowest BCUT2D eigenvalue weighted by Crippen LogP contribution is -2.36. The van der Waals surface area contributed by atoms with Crippen LogP contribution in [0.2, 0.25) is 0 Å². The molecule has 0 spiro atoms. The van der Waals surface area contributed by atoms with Crippen LogP contribution in [0.1, 0.15) is 10.5 Å². The van der Waals surface area contributed by atoms with Crippen molar-refractivity contribution >= 4 is 11.7 Å². The lowest BCUT2D eigenvalue weighted by Gasteiger charge is -2.15. The Morgan fingerprint density at radius 1 is 1.62 bits per heavy atom. The summed E-state index contributed by atoms with van der Waals surface area (Å²) in [6, 6.07) is 0. The van der Waals surface area contributed by atoms with Crippen LogP contribution in [-0.2, 0) is 6.54 Å². The third-order valence-electron chi connectivity index (χ3n) is 1.90. The lowest BCUT2D eigenvalue weighted by atomic mass is 10.3. The summed E-state index contributed by atoms with van der Waals surface area (Å²) in [4.78, 5) is 15.4. The van der Waals surface area contributed by atoms with E-state index >= 15 is 0 Å². The normalized spacial score (nSPS) is 14.7. The highest BCUT2D eigenvalue weighted by Gasteiger charge is 2.21. The van der Waals surface area contributed by atoms with Gasteiger partial charge in [-0.2, -0.15) is 0 Å². The van der Waals surface area contributed by atoms with Crippen LogP contribution >= 0.6 is 0 Å². The molecule has 1 aliphatic rings. The maximum atomic E-state index is 11.3. The minimum Gasteiger partial charge on any atom is -0.395 e. The predicted octanol–water partition coefficient (Wildman–Crippen LogP) is -1.01. The third-order valence-corrected chi connectivity index (χ3v) is 1.90. The largest absolute Gasteiger partial charge is 0.395 e. The molecule has 3 N–H and O–H groups in total. The molecule has 0 fully saturated rings. The SMILES string of the molecule is O=C1NCNc2ncn(CCO)c21. The Hall–Kier alpha value is -1.56. The van der Waals surface area contributed by atoms with Crippen molar-refractivity contribution in [2.24, 2.45) is 0 Å². The number of carbonyl (C=O) groups is 1. The third kappa shape index (κ3) is 1.25. The van der Waals surface area contributed by atoms with Crippen LogP contribution < -0.4 is 10.6 Å². The van der Waals surface area contributed by atoms with Gasteiger partial charge in [-0.25, -0.2) is 4.98 Å². The Morgan fingerprint density at radius 2 is 2.46 bits per heavy atom. The van der Waals surface area contributed by atoms with Crippen LogP contribution in [-0.4, -0.2) is 33.8 Å². The second-order valence-corrected chi connectivity index (χ2v) is 2.72. The van der Waals surface area contributed by atoms with Crippen molar-refractivity contribution in [2.75, 3.05) is 18.6 Å². The average molecular weight is 182 g/mol. The topological polar surface area (TPSA) is 79.2 Å². The molecular weight excluding hydrogens is 172 g/mol. The maximum Gasteiger partial charge on any atom is 0.273 e. The van der Waals surface area contributed by atoms with Crippen LogP contribution in [0.15, 0.2) is 6.33 Å². The smallest absolute Gasteiger partial charge is 0.273 e. The summed E-state index contributed by atoms with van der Waals surface area (Å²) in [7, 11) is 0. The number of amides is 1. The van der Waals surface area contributed by atoms with E-state index in [1.54, 1.807) is 10.9 Å². The van der Waals surface area contributed by atoms with Gasteiger partial charge in [0.05, 0.1) is 19.6 Å². The molecule has 0 bridgehead atoms. The lowest BCUT2D eigenvalue weighted by molar-refractivity contribution is 0.0942. The van der Waals surface area contributed by atoms with E-state index in [1.807, 2.05) is 0 Å². The van der Waals surface area contributed by atoms with E-state index in [0.717, 1.165) is 0 Å². The Morgan fingerprint density at radius 3 is 3.23 bits per heavy atom. The molecule has 6 nitrogen and oxygen atoms in total. The van der Waals surface area contributed by atoms with Crippen molar-refractivity contribution in [2.45, 2.75) is 6.54 Å². The first-order valence-corrected chi connectivity index (χ1v) is 4.01. The number of hydrogen-bond acceptors (Lipinski definition) is 4. The molecule has 0 saturated heterocycles. The summed E-state index contributed by atoms with van der Waals surface area (Å²) >= 11 is 0. The highest BCUT2D eigenvalue weighted by Crippen LogP contribution is 2.15. The van der Waals surface area contributed by atoms with E-state index in [0.29, 0.717) is 24.7 Å². The molecular formula is C7H10N4O2. The van der Waals surface area contributed by atoms with E-state index in [4.69, 9.17) is 5.11 Å². The highest BCUT2D eigenvalue weighted by molar-refractivity contribution is 5.98. The van der Waals surface area contributed by atoms with Crippen LogP contribution in [0.25, 0.3) is 0 Å². The number of aliphatic hydroxyl groups excluding tert-OH is 1. The number of nitrogens with one attached hydrogen (secondary N) is 2. The number of aliphatic hydroxyl groups is 1. The number of aromatic nitrogens is 2. The molecule has 1 amide bonds. The van der Waals surface area contributed by atoms with Crippen LogP contribution in [0, 0.1) is 0 Å². The van der Waals surface area contributed by atoms with Gasteiger partial charge in [0.25, 0.3) is 5.91 Å². The number of nitrogens with zero attached hydrogens (tertiary/aromatic N) is 2. The van der Waals surface area contributed by atoms with Gasteiger partial charge in [-0.15, -0.1) is 0 Å². The summed E-state index contributed by atoms with van der Waals surface area (Å²) in [5.74, 6) is 0.428. The van der Waals surface area contributed by atoms with Crippen molar-refractivity contribution in [1.82, 2.24) is 14.9 Å². The number of imidazole rings is 1. The molecule has 1 aromatic rings. The molecule has 70 valence electrons. The zero-order valence-electron chi connectivity index (χ0n) is 6.95. The van der Waals surface area contributed by atoms with Gasteiger partial charge in [0, 0.05) is 6.54 Å². The first-order valence-electron chi connectivity index (χ1n) is 4.01. The van der Waals surface area contributed by atoms with Crippen molar-refractivity contribution in [3.8, 4) is 0 Å². The van der Waals surface area contributed by atoms with Crippen molar-refractivity contribution in [1.29, 1.82) is 0 Å². The predicted molar refractivity (Wildman–Crippen MR) is 45.3 cm³/mol. The van der Waals surface area contributed by atoms with Gasteiger partial charge in [0.2, 0.25) is 0 Å². The van der Waals surface area contributed by atoms with Gasteiger partial charge in [-0.05, 0) is 0 Å². The summed E-state index contributed by atoms with van der Waals surface area (Å²) in [5, 5.41) is 14.3. The van der Waals surface area contributed by atoms with Crippen molar-refractivity contribution < 1.29 is 9.90 Å². The number of rotatable bonds is 2. The zero-order valence-corrected chi connectivity index (χ0v) is 6.95. The van der Waals surface area contributed by atoms with Crippen LogP contribution in [0.4, 0.5) is 5.82 Å². The summed E-state index contributed by atoms with van der Waals surface area (Å²) in [6.07, 6.45) is 1.54. The molecule has 2 heterocycles. The molecule has 0 unspecified atom stereocenters. The Kier molecular flexibility index (Phi) is 1.90. The molecule has 13 heavy (non-hydrogen) atoms. The fourth-order valence-corrected chi connectivity index (χ4v) is 1.32. The Labute approximate surface area is 74.6 Å². The van der Waals surface area contributed by atoms with Gasteiger partial charge in [-0.1, -0.05) is 0 Å². The molecule has 1 aromatic heterocycles. The van der Waals surface area contributed by atoms with Crippen molar-refractivity contribution in [3.63, 3.8) is 0 Å². The number of anilines is 1. The molecule has 1 aliphatic heterocycles. The minimum atomic E-state index is -0.153. The van der Waals surface area contributed by atoms with Gasteiger partial charge in [0.1, 0.15) is 0 Å². The summed E-state index contributed by atoms with van der Waals surface area (Å²) < 4.78 is 1.62.